The van der Waals surface area contributed by atoms with E-state index in [1.807, 2.05) is 0 Å². The van der Waals surface area contributed by atoms with Crippen molar-refractivity contribution in [3.05, 3.63) is 34.8 Å². The Labute approximate surface area is 96.1 Å². The number of halogens is 3. The van der Waals surface area contributed by atoms with Crippen molar-refractivity contribution in [1.82, 2.24) is 5.23 Å². The van der Waals surface area contributed by atoms with Crippen LogP contribution in [0.25, 0.3) is 0 Å². The summed E-state index contributed by atoms with van der Waals surface area (Å²) in [6.07, 6.45) is -2.71. The summed E-state index contributed by atoms with van der Waals surface area (Å²) in [6, 6.07) is 3.81. The molecule has 0 saturated carbocycles. The quantitative estimate of drug-likeness (QED) is 0.727. The average molecular weight is 250 g/mol. The molecule has 0 aliphatic heterocycles. The van der Waals surface area contributed by atoms with Crippen molar-refractivity contribution < 1.29 is 22.7 Å². The normalized spacial score (nSPS) is 11.2. The minimum atomic E-state index is -2.71. The number of hydrogen-bond acceptors (Lipinski definition) is 4. The Bertz CT molecular complexity index is 363. The van der Waals surface area contributed by atoms with Gasteiger partial charge in [-0.3, -0.25) is 5.23 Å². The predicted octanol–water partition coefficient (Wildman–Crippen LogP) is 2.33. The van der Waals surface area contributed by atoms with Gasteiger partial charge in [0.05, 0.1) is 7.11 Å². The lowest BCUT2D eigenvalue weighted by molar-refractivity contribution is -0.0954. The molecule has 0 aliphatic rings. The van der Waals surface area contributed by atoms with E-state index in [0.717, 1.165) is 13.2 Å². The van der Waals surface area contributed by atoms with Crippen molar-refractivity contribution >= 4 is 0 Å². The minimum absolute atomic E-state index is 0.141. The third-order valence-corrected chi connectivity index (χ3v) is 1.91. The van der Waals surface area contributed by atoms with Crippen LogP contribution in [0.1, 0.15) is 5.56 Å². The molecule has 0 unspecified atom stereocenters. The van der Waals surface area contributed by atoms with Gasteiger partial charge in [-0.25, -0.2) is 13.2 Å². The first-order valence-electron chi connectivity index (χ1n) is 4.71. The number of ether oxygens (including phenoxy) is 1. The third-order valence-electron chi connectivity index (χ3n) is 1.91. The number of hydrogen-bond donors (Lipinski definition) is 0. The summed E-state index contributed by atoms with van der Waals surface area (Å²) in [5, 5.41) is 11.1. The molecule has 1 rings (SSSR count). The second-order valence-corrected chi connectivity index (χ2v) is 3.10. The van der Waals surface area contributed by atoms with E-state index in [-0.39, 0.29) is 23.1 Å². The maximum atomic E-state index is 13.3. The summed E-state index contributed by atoms with van der Waals surface area (Å²) in [6.45, 7) is -1.24. The van der Waals surface area contributed by atoms with Crippen molar-refractivity contribution in [2.24, 2.45) is 0 Å². The van der Waals surface area contributed by atoms with Crippen LogP contribution in [-0.4, -0.2) is 25.4 Å². The lowest BCUT2D eigenvalue weighted by Gasteiger charge is -2.25. The molecular formula is C10H11F3NO3-. The highest BCUT2D eigenvalue weighted by Crippen LogP contribution is 2.24. The van der Waals surface area contributed by atoms with Gasteiger partial charge in [-0.2, -0.15) is 0 Å². The topological polar surface area (TPSA) is 44.8 Å². The van der Waals surface area contributed by atoms with E-state index in [0.29, 0.717) is 0 Å². The SMILES string of the molecule is CON([O-])Cc1cccc(F)c1OCC(F)F. The molecule has 0 bridgehead atoms. The standard InChI is InChI=1S/C10H11F3NO3/c1-16-14(15)5-7-3-2-4-8(11)10(7)17-6-9(12)13/h2-4,9H,5-6H2,1H3/q-1. The average Bonchev–Trinajstić information content (AvgIpc) is 2.27. The molecule has 4 nitrogen and oxygen atoms in total. The summed E-state index contributed by atoms with van der Waals surface area (Å²) in [5.41, 5.74) is 0.141. The summed E-state index contributed by atoms with van der Waals surface area (Å²) in [7, 11) is 1.14. The van der Waals surface area contributed by atoms with Crippen LogP contribution < -0.4 is 4.74 Å². The second kappa shape index (κ2) is 6.43. The highest BCUT2D eigenvalue weighted by molar-refractivity contribution is 5.34. The predicted molar refractivity (Wildman–Crippen MR) is 53.8 cm³/mol. The Morgan fingerprint density at radius 2 is 2.12 bits per heavy atom. The van der Waals surface area contributed by atoms with E-state index in [4.69, 9.17) is 0 Å². The van der Waals surface area contributed by atoms with Gasteiger partial charge in [-0.15, -0.1) is 0 Å². The maximum Gasteiger partial charge on any atom is 0.272 e. The molecule has 0 aromatic heterocycles. The number of para-hydroxylation sites is 1. The Kier molecular flexibility index (Phi) is 5.20. The first kappa shape index (κ1) is 13.8. The van der Waals surface area contributed by atoms with Gasteiger partial charge in [0, 0.05) is 12.1 Å². The summed E-state index contributed by atoms with van der Waals surface area (Å²) < 4.78 is 41.9. The zero-order valence-electron chi connectivity index (χ0n) is 9.03. The number of rotatable bonds is 6. The lowest BCUT2D eigenvalue weighted by atomic mass is 10.2. The first-order chi connectivity index (χ1) is 8.04. The molecule has 0 spiro atoms. The van der Waals surface area contributed by atoms with Crippen LogP contribution in [-0.2, 0) is 11.4 Å². The van der Waals surface area contributed by atoms with E-state index in [1.165, 1.54) is 12.1 Å². The smallest absolute Gasteiger partial charge is 0.272 e. The highest BCUT2D eigenvalue weighted by atomic mass is 19.3. The van der Waals surface area contributed by atoms with Crippen LogP contribution in [0.2, 0.25) is 0 Å². The van der Waals surface area contributed by atoms with E-state index in [9.17, 15) is 18.4 Å². The molecule has 7 heteroatoms. The van der Waals surface area contributed by atoms with Crippen LogP contribution >= 0.6 is 0 Å². The fraction of sp³-hybridized carbons (Fsp3) is 0.400. The van der Waals surface area contributed by atoms with Crippen molar-refractivity contribution in [3.63, 3.8) is 0 Å². The zero-order chi connectivity index (χ0) is 12.8. The minimum Gasteiger partial charge on any atom is -0.762 e. The molecule has 1 aromatic rings. The van der Waals surface area contributed by atoms with E-state index in [1.54, 1.807) is 0 Å². The van der Waals surface area contributed by atoms with Crippen molar-refractivity contribution in [3.8, 4) is 5.75 Å². The number of nitrogens with zero attached hydrogens (tertiary/aromatic N) is 1. The number of hydroxylamine groups is 2. The molecular weight excluding hydrogens is 239 g/mol. The van der Waals surface area contributed by atoms with Crippen molar-refractivity contribution in [2.75, 3.05) is 13.7 Å². The van der Waals surface area contributed by atoms with Crippen molar-refractivity contribution in [1.29, 1.82) is 0 Å². The zero-order valence-corrected chi connectivity index (χ0v) is 9.03. The molecule has 0 N–H and O–H groups in total. The van der Waals surface area contributed by atoms with Gasteiger partial charge in [0.15, 0.2) is 11.6 Å². The van der Waals surface area contributed by atoms with Crippen LogP contribution in [0, 0.1) is 11.0 Å². The van der Waals surface area contributed by atoms with Gasteiger partial charge < -0.3 is 14.8 Å². The Morgan fingerprint density at radius 1 is 1.41 bits per heavy atom. The van der Waals surface area contributed by atoms with Crippen LogP contribution in [0.5, 0.6) is 5.75 Å². The van der Waals surface area contributed by atoms with Crippen LogP contribution in [0.15, 0.2) is 18.2 Å². The number of alkyl halides is 2. The Morgan fingerprint density at radius 3 is 2.71 bits per heavy atom. The van der Waals surface area contributed by atoms with Crippen LogP contribution in [0.3, 0.4) is 0 Å². The van der Waals surface area contributed by atoms with E-state index >= 15 is 0 Å². The van der Waals surface area contributed by atoms with Gasteiger partial charge in [0.25, 0.3) is 6.43 Å². The molecule has 17 heavy (non-hydrogen) atoms. The molecule has 0 atom stereocenters. The fourth-order valence-electron chi connectivity index (χ4n) is 1.19. The fourth-order valence-corrected chi connectivity index (χ4v) is 1.19. The molecule has 0 radical (unpaired) electrons. The largest absolute Gasteiger partial charge is 0.762 e. The Hall–Kier alpha value is -1.31. The second-order valence-electron chi connectivity index (χ2n) is 3.10. The highest BCUT2D eigenvalue weighted by Gasteiger charge is 2.12. The Balaban J connectivity index is 2.84. The molecule has 0 amide bonds. The molecule has 96 valence electrons. The van der Waals surface area contributed by atoms with E-state index in [2.05, 4.69) is 9.57 Å². The number of benzene rings is 1. The third kappa shape index (κ3) is 4.22. The lowest BCUT2D eigenvalue weighted by Crippen LogP contribution is -2.16. The summed E-state index contributed by atoms with van der Waals surface area (Å²) in [5.74, 6) is -1.15. The van der Waals surface area contributed by atoms with Crippen LogP contribution in [0.4, 0.5) is 13.2 Å². The molecule has 1 aromatic carbocycles. The molecule has 0 heterocycles. The van der Waals surface area contributed by atoms with Gasteiger partial charge in [-0.05, 0) is 6.07 Å². The van der Waals surface area contributed by atoms with Gasteiger partial charge in [0.2, 0.25) is 0 Å². The van der Waals surface area contributed by atoms with Crippen molar-refractivity contribution in [2.45, 2.75) is 13.0 Å². The molecule has 0 aliphatic carbocycles. The van der Waals surface area contributed by atoms with Gasteiger partial charge in [-0.1, -0.05) is 12.1 Å². The maximum absolute atomic E-state index is 13.3. The summed E-state index contributed by atoms with van der Waals surface area (Å²) in [4.78, 5) is 4.33. The molecule has 0 fully saturated rings. The summed E-state index contributed by atoms with van der Waals surface area (Å²) >= 11 is 0. The van der Waals surface area contributed by atoms with Gasteiger partial charge >= 0.3 is 0 Å². The first-order valence-corrected chi connectivity index (χ1v) is 4.71. The van der Waals surface area contributed by atoms with E-state index < -0.39 is 18.8 Å². The monoisotopic (exact) mass is 250 g/mol. The molecule has 0 saturated heterocycles. The van der Waals surface area contributed by atoms with Gasteiger partial charge in [0.1, 0.15) is 6.61 Å².